The molecule has 1 heterocycles. The van der Waals surface area contributed by atoms with Gasteiger partial charge in [0.05, 0.1) is 12.2 Å². The maximum absolute atomic E-state index is 9.65. The first-order valence-electron chi connectivity index (χ1n) is 4.07. The third-order valence-electron chi connectivity index (χ3n) is 1.95. The number of thiophene rings is 1. The van der Waals surface area contributed by atoms with Gasteiger partial charge in [0.1, 0.15) is 0 Å². The average Bonchev–Trinajstić information content (AvgIpc) is 2.49. The van der Waals surface area contributed by atoms with Gasteiger partial charge in [-0.25, -0.2) is 0 Å². The number of halogens is 1. The second-order valence-corrected chi connectivity index (χ2v) is 4.85. The fourth-order valence-electron chi connectivity index (χ4n) is 0.990. The largest absolute Gasteiger partial charge is 0.390 e. The van der Waals surface area contributed by atoms with Crippen LogP contribution in [-0.2, 0) is 11.2 Å². The Bertz CT molecular complexity index is 262. The highest BCUT2D eigenvalue weighted by Crippen LogP contribution is 2.21. The number of ether oxygens (including phenoxy) is 1. The van der Waals surface area contributed by atoms with Gasteiger partial charge in [0.2, 0.25) is 0 Å². The highest BCUT2D eigenvalue weighted by Gasteiger charge is 2.14. The van der Waals surface area contributed by atoms with E-state index in [4.69, 9.17) is 4.74 Å². The normalized spacial score (nSPS) is 15.7. The van der Waals surface area contributed by atoms with Crippen molar-refractivity contribution < 1.29 is 9.84 Å². The van der Waals surface area contributed by atoms with Gasteiger partial charge in [-0.15, -0.1) is 11.3 Å². The number of methoxy groups -OCH3 is 1. The van der Waals surface area contributed by atoms with Gasteiger partial charge in [0, 0.05) is 28.3 Å². The van der Waals surface area contributed by atoms with E-state index in [1.165, 1.54) is 4.88 Å². The van der Waals surface area contributed by atoms with Gasteiger partial charge < -0.3 is 9.84 Å². The minimum Gasteiger partial charge on any atom is -0.390 e. The van der Waals surface area contributed by atoms with Crippen molar-refractivity contribution in [3.63, 3.8) is 0 Å². The van der Waals surface area contributed by atoms with Gasteiger partial charge in [-0.3, -0.25) is 0 Å². The molecule has 1 aromatic heterocycles. The van der Waals surface area contributed by atoms with Crippen LogP contribution in [0.5, 0.6) is 0 Å². The fourth-order valence-corrected chi connectivity index (χ4v) is 2.49. The molecule has 0 spiro atoms. The van der Waals surface area contributed by atoms with Crippen LogP contribution in [0.1, 0.15) is 11.8 Å². The summed E-state index contributed by atoms with van der Waals surface area (Å²) in [6.07, 6.45) is 0.127. The smallest absolute Gasteiger partial charge is 0.0847 e. The lowest BCUT2D eigenvalue weighted by molar-refractivity contribution is 0.000786. The van der Waals surface area contributed by atoms with Gasteiger partial charge in [-0.1, -0.05) is 0 Å². The fraction of sp³-hybridized carbons (Fsp3) is 0.556. The molecular weight excluding hydrogens is 252 g/mol. The first-order valence-corrected chi connectivity index (χ1v) is 5.74. The molecule has 0 radical (unpaired) electrons. The molecule has 13 heavy (non-hydrogen) atoms. The zero-order chi connectivity index (χ0) is 9.84. The van der Waals surface area contributed by atoms with Crippen molar-refractivity contribution in [3.05, 3.63) is 20.8 Å². The van der Waals surface area contributed by atoms with Crippen LogP contribution in [0.3, 0.4) is 0 Å². The summed E-state index contributed by atoms with van der Waals surface area (Å²) in [5.41, 5.74) is 0. The number of hydrogen-bond donors (Lipinski definition) is 1. The molecule has 0 fully saturated rings. The number of hydrogen-bond acceptors (Lipinski definition) is 3. The predicted molar refractivity (Wildman–Crippen MR) is 58.2 cm³/mol. The van der Waals surface area contributed by atoms with Gasteiger partial charge >= 0.3 is 0 Å². The van der Waals surface area contributed by atoms with Crippen molar-refractivity contribution in [2.24, 2.45) is 0 Å². The summed E-state index contributed by atoms with van der Waals surface area (Å²) >= 11 is 5.02. The van der Waals surface area contributed by atoms with Crippen molar-refractivity contribution in [3.8, 4) is 0 Å². The molecule has 0 aliphatic carbocycles. The summed E-state index contributed by atoms with van der Waals surface area (Å²) in [5.74, 6) is 0. The van der Waals surface area contributed by atoms with Gasteiger partial charge in [-0.05, 0) is 28.9 Å². The SMILES string of the molecule is COC(C)C(O)Cc1cc(Br)cs1. The summed E-state index contributed by atoms with van der Waals surface area (Å²) in [5, 5.41) is 11.7. The van der Waals surface area contributed by atoms with Crippen LogP contribution in [0, 0.1) is 0 Å². The molecule has 74 valence electrons. The maximum Gasteiger partial charge on any atom is 0.0847 e. The number of rotatable bonds is 4. The topological polar surface area (TPSA) is 29.5 Å². The Kier molecular flexibility index (Phi) is 4.38. The molecule has 2 atom stereocenters. The highest BCUT2D eigenvalue weighted by atomic mass is 79.9. The minimum atomic E-state index is -0.421. The Morgan fingerprint density at radius 3 is 2.85 bits per heavy atom. The molecule has 0 aliphatic heterocycles. The lowest BCUT2D eigenvalue weighted by Crippen LogP contribution is -2.26. The maximum atomic E-state index is 9.65. The monoisotopic (exact) mass is 264 g/mol. The Labute approximate surface area is 90.7 Å². The van der Waals surface area contributed by atoms with Crippen molar-refractivity contribution in [1.29, 1.82) is 0 Å². The van der Waals surface area contributed by atoms with Gasteiger partial charge in [0.15, 0.2) is 0 Å². The third-order valence-corrected chi connectivity index (χ3v) is 3.67. The molecule has 0 bridgehead atoms. The molecule has 1 N–H and O–H groups in total. The molecule has 2 nitrogen and oxygen atoms in total. The van der Waals surface area contributed by atoms with E-state index in [1.54, 1.807) is 18.4 Å². The van der Waals surface area contributed by atoms with Crippen molar-refractivity contribution in [1.82, 2.24) is 0 Å². The van der Waals surface area contributed by atoms with E-state index < -0.39 is 6.10 Å². The molecule has 0 aromatic carbocycles. The minimum absolute atomic E-state index is 0.110. The molecule has 2 unspecified atom stereocenters. The zero-order valence-electron chi connectivity index (χ0n) is 7.66. The Morgan fingerprint density at radius 1 is 1.69 bits per heavy atom. The predicted octanol–water partition coefficient (Wildman–Crippen LogP) is 2.45. The second kappa shape index (κ2) is 5.10. The molecule has 0 amide bonds. The van der Waals surface area contributed by atoms with Gasteiger partial charge in [0.25, 0.3) is 0 Å². The average molecular weight is 265 g/mol. The second-order valence-electron chi connectivity index (χ2n) is 2.94. The quantitative estimate of drug-likeness (QED) is 0.906. The van der Waals surface area contributed by atoms with E-state index in [2.05, 4.69) is 15.9 Å². The van der Waals surface area contributed by atoms with E-state index in [9.17, 15) is 5.11 Å². The molecule has 1 rings (SSSR count). The van der Waals surface area contributed by atoms with Crippen molar-refractivity contribution in [2.45, 2.75) is 25.6 Å². The lowest BCUT2D eigenvalue weighted by atomic mass is 10.1. The third kappa shape index (κ3) is 3.38. The van der Waals surface area contributed by atoms with E-state index in [-0.39, 0.29) is 6.10 Å². The van der Waals surface area contributed by atoms with E-state index in [0.29, 0.717) is 6.42 Å². The number of aliphatic hydroxyl groups is 1. The molecule has 4 heteroatoms. The summed E-state index contributed by atoms with van der Waals surface area (Å²) in [6, 6.07) is 2.02. The highest BCUT2D eigenvalue weighted by molar-refractivity contribution is 9.10. The van der Waals surface area contributed by atoms with E-state index in [0.717, 1.165) is 4.47 Å². The van der Waals surface area contributed by atoms with E-state index >= 15 is 0 Å². The van der Waals surface area contributed by atoms with Crippen LogP contribution >= 0.6 is 27.3 Å². The Hall–Kier alpha value is 0.1000. The van der Waals surface area contributed by atoms with Crippen LogP contribution in [0.4, 0.5) is 0 Å². The molecular formula is C9H13BrO2S. The Morgan fingerprint density at radius 2 is 2.38 bits per heavy atom. The first-order chi connectivity index (χ1) is 6.13. The Balaban J connectivity index is 2.49. The van der Waals surface area contributed by atoms with Crippen LogP contribution in [-0.4, -0.2) is 24.4 Å². The number of aliphatic hydroxyl groups excluding tert-OH is 1. The van der Waals surface area contributed by atoms with Crippen LogP contribution < -0.4 is 0 Å². The van der Waals surface area contributed by atoms with Crippen LogP contribution in [0.2, 0.25) is 0 Å². The summed E-state index contributed by atoms with van der Waals surface area (Å²) < 4.78 is 6.11. The van der Waals surface area contributed by atoms with Gasteiger partial charge in [-0.2, -0.15) is 0 Å². The molecule has 0 saturated heterocycles. The summed E-state index contributed by atoms with van der Waals surface area (Å²) in [6.45, 7) is 1.87. The summed E-state index contributed by atoms with van der Waals surface area (Å²) in [7, 11) is 1.61. The van der Waals surface area contributed by atoms with Crippen LogP contribution in [0.15, 0.2) is 15.9 Å². The van der Waals surface area contributed by atoms with Crippen molar-refractivity contribution >= 4 is 27.3 Å². The zero-order valence-corrected chi connectivity index (χ0v) is 10.1. The van der Waals surface area contributed by atoms with Crippen LogP contribution in [0.25, 0.3) is 0 Å². The molecule has 0 aliphatic rings. The van der Waals surface area contributed by atoms with Crippen molar-refractivity contribution in [2.75, 3.05) is 7.11 Å². The standard InChI is InChI=1S/C9H13BrO2S/c1-6(12-2)9(11)4-8-3-7(10)5-13-8/h3,5-6,9,11H,4H2,1-2H3. The molecule has 1 aromatic rings. The summed E-state index contributed by atoms with van der Waals surface area (Å²) in [4.78, 5) is 1.17. The lowest BCUT2D eigenvalue weighted by Gasteiger charge is -2.15. The van der Waals surface area contributed by atoms with E-state index in [1.807, 2.05) is 18.4 Å². The first kappa shape index (κ1) is 11.2. The molecule has 0 saturated carbocycles.